The molecule has 0 radical (unpaired) electrons. The first kappa shape index (κ1) is 18.9. The van der Waals surface area contributed by atoms with Crippen LogP contribution in [0.2, 0.25) is 0 Å². The number of halogens is 1. The first-order chi connectivity index (χ1) is 12.8. The van der Waals surface area contributed by atoms with Crippen LogP contribution < -0.4 is 4.47 Å². The van der Waals surface area contributed by atoms with Crippen molar-refractivity contribution >= 4 is 32.6 Å². The Morgan fingerprint density at radius 3 is 2.48 bits per heavy atom. The normalized spacial score (nSPS) is 11.7. The van der Waals surface area contributed by atoms with Crippen molar-refractivity contribution in [2.45, 2.75) is 18.4 Å². The first-order valence-corrected chi connectivity index (χ1v) is 9.36. The molecule has 0 aliphatic rings. The van der Waals surface area contributed by atoms with E-state index in [1.54, 1.807) is 30.3 Å². The van der Waals surface area contributed by atoms with E-state index in [1.165, 1.54) is 24.7 Å². The van der Waals surface area contributed by atoms with E-state index < -0.39 is 28.4 Å². The number of rotatable bonds is 6. The van der Waals surface area contributed by atoms with Gasteiger partial charge in [-0.2, -0.15) is 8.42 Å². The summed E-state index contributed by atoms with van der Waals surface area (Å²) in [5.74, 6) is -1.77. The second-order valence-corrected chi connectivity index (χ2v) is 7.50. The number of fused-ring (bicyclic) bond motifs is 1. The third-order valence-corrected chi connectivity index (χ3v) is 5.96. The fourth-order valence-electron chi connectivity index (χ4n) is 3.06. The Kier molecular flexibility index (Phi) is 4.90. The van der Waals surface area contributed by atoms with Crippen LogP contribution in [0.4, 0.5) is 10.1 Å². The summed E-state index contributed by atoms with van der Waals surface area (Å²) in [6, 6.07) is 11.7. The van der Waals surface area contributed by atoms with Crippen molar-refractivity contribution in [2.24, 2.45) is 0 Å². The summed E-state index contributed by atoms with van der Waals surface area (Å²) in [5, 5.41) is 9.26. The van der Waals surface area contributed by atoms with Gasteiger partial charge in [0.2, 0.25) is 0 Å². The molecule has 1 aromatic heterocycles. The van der Waals surface area contributed by atoms with Crippen molar-refractivity contribution in [2.75, 3.05) is 11.6 Å². The Labute approximate surface area is 155 Å². The summed E-state index contributed by atoms with van der Waals surface area (Å²) in [4.78, 5) is 16.1. The minimum absolute atomic E-state index is 0.0896. The molecule has 0 aliphatic carbocycles. The molecule has 3 aromatic rings. The van der Waals surface area contributed by atoms with Crippen molar-refractivity contribution in [1.29, 1.82) is 0 Å². The molecule has 3 rings (SSSR count). The molecule has 0 spiro atoms. The molecule has 0 saturated heterocycles. The van der Waals surface area contributed by atoms with Gasteiger partial charge < -0.3 is 9.67 Å². The van der Waals surface area contributed by atoms with Gasteiger partial charge in [-0.1, -0.05) is 18.2 Å². The highest BCUT2D eigenvalue weighted by atomic mass is 32.2. The number of hydrogen-bond acceptors (Lipinski definition) is 4. The Hall–Kier alpha value is -2.91. The van der Waals surface area contributed by atoms with Crippen molar-refractivity contribution < 1.29 is 27.5 Å². The molecule has 0 saturated carbocycles. The SMILES string of the molecule is CON(c1ccccc1)S(=O)(=O)c1c(C)n(CC(=O)O)c2ccc(F)cc12. The van der Waals surface area contributed by atoms with Crippen LogP contribution in [-0.2, 0) is 26.2 Å². The van der Waals surface area contributed by atoms with Crippen molar-refractivity contribution in [1.82, 2.24) is 4.57 Å². The maximum atomic E-state index is 13.8. The highest BCUT2D eigenvalue weighted by Crippen LogP contribution is 2.34. The van der Waals surface area contributed by atoms with Gasteiger partial charge in [-0.25, -0.2) is 4.39 Å². The average molecular weight is 392 g/mol. The Bertz CT molecular complexity index is 1110. The summed E-state index contributed by atoms with van der Waals surface area (Å²) < 4.78 is 42.6. The summed E-state index contributed by atoms with van der Waals surface area (Å²) in [5.41, 5.74) is 0.741. The topological polar surface area (TPSA) is 88.8 Å². The van der Waals surface area contributed by atoms with E-state index in [0.29, 0.717) is 5.52 Å². The zero-order valence-corrected chi connectivity index (χ0v) is 15.4. The number of sulfonamides is 1. The van der Waals surface area contributed by atoms with E-state index in [-0.39, 0.29) is 21.7 Å². The van der Waals surface area contributed by atoms with E-state index in [1.807, 2.05) is 0 Å². The van der Waals surface area contributed by atoms with Crippen LogP contribution in [0.1, 0.15) is 5.69 Å². The number of carbonyl (C=O) groups is 1. The van der Waals surface area contributed by atoms with Gasteiger partial charge in [0, 0.05) is 11.1 Å². The lowest BCUT2D eigenvalue weighted by Crippen LogP contribution is -2.30. The zero-order valence-electron chi connectivity index (χ0n) is 14.6. The molecule has 2 aromatic carbocycles. The third-order valence-electron chi connectivity index (χ3n) is 4.13. The number of aromatic nitrogens is 1. The predicted molar refractivity (Wildman–Crippen MR) is 97.4 cm³/mol. The zero-order chi connectivity index (χ0) is 19.8. The lowest BCUT2D eigenvalue weighted by molar-refractivity contribution is -0.137. The van der Waals surface area contributed by atoms with Crippen LogP contribution in [-0.4, -0.2) is 31.2 Å². The lowest BCUT2D eigenvalue weighted by Gasteiger charge is -2.21. The second-order valence-electron chi connectivity index (χ2n) is 5.81. The largest absolute Gasteiger partial charge is 0.480 e. The molecular formula is C18H17FN2O5S. The molecule has 0 amide bonds. The molecule has 0 atom stereocenters. The Morgan fingerprint density at radius 2 is 1.89 bits per heavy atom. The average Bonchev–Trinajstić information content (AvgIpc) is 2.87. The van der Waals surface area contributed by atoms with Crippen LogP contribution in [0.15, 0.2) is 53.4 Å². The number of para-hydroxylation sites is 1. The molecule has 1 heterocycles. The van der Waals surface area contributed by atoms with Gasteiger partial charge in [0.25, 0.3) is 10.0 Å². The van der Waals surface area contributed by atoms with Gasteiger partial charge >= 0.3 is 5.97 Å². The third kappa shape index (κ3) is 3.26. The van der Waals surface area contributed by atoms with E-state index >= 15 is 0 Å². The molecule has 7 nitrogen and oxygen atoms in total. The van der Waals surface area contributed by atoms with Gasteiger partial charge in [0.1, 0.15) is 17.3 Å². The van der Waals surface area contributed by atoms with E-state index in [4.69, 9.17) is 4.84 Å². The van der Waals surface area contributed by atoms with Gasteiger partial charge in [0.05, 0.1) is 18.3 Å². The molecule has 142 valence electrons. The van der Waals surface area contributed by atoms with E-state index in [2.05, 4.69) is 0 Å². The quantitative estimate of drug-likeness (QED) is 0.652. The number of nitrogens with zero attached hydrogens (tertiary/aromatic N) is 2. The van der Waals surface area contributed by atoms with Crippen LogP contribution >= 0.6 is 0 Å². The monoisotopic (exact) mass is 392 g/mol. The minimum Gasteiger partial charge on any atom is -0.480 e. The highest BCUT2D eigenvalue weighted by Gasteiger charge is 2.32. The van der Waals surface area contributed by atoms with Crippen molar-refractivity contribution in [3.63, 3.8) is 0 Å². The highest BCUT2D eigenvalue weighted by molar-refractivity contribution is 7.92. The van der Waals surface area contributed by atoms with Gasteiger partial charge in [0.15, 0.2) is 0 Å². The number of benzene rings is 2. The summed E-state index contributed by atoms with van der Waals surface area (Å²) in [7, 11) is -3.06. The van der Waals surface area contributed by atoms with Gasteiger partial charge in [-0.05, 0) is 37.3 Å². The Balaban J connectivity index is 2.30. The van der Waals surface area contributed by atoms with Crippen LogP contribution in [0.3, 0.4) is 0 Å². The van der Waals surface area contributed by atoms with Crippen molar-refractivity contribution in [3.05, 3.63) is 60.0 Å². The number of hydrogen-bond donors (Lipinski definition) is 1. The molecular weight excluding hydrogens is 375 g/mol. The van der Waals surface area contributed by atoms with Crippen molar-refractivity contribution in [3.8, 4) is 0 Å². The fraction of sp³-hybridized carbons (Fsp3) is 0.167. The molecule has 0 bridgehead atoms. The predicted octanol–water partition coefficient (Wildman–Crippen LogP) is 2.93. The Morgan fingerprint density at radius 1 is 1.22 bits per heavy atom. The molecule has 9 heteroatoms. The molecule has 27 heavy (non-hydrogen) atoms. The van der Waals surface area contributed by atoms with Gasteiger partial charge in [-0.15, -0.1) is 4.47 Å². The summed E-state index contributed by atoms with van der Waals surface area (Å²) in [6.45, 7) is 1.02. The minimum atomic E-state index is -4.26. The molecule has 0 fully saturated rings. The molecule has 0 unspecified atom stereocenters. The first-order valence-electron chi connectivity index (χ1n) is 7.92. The van der Waals surface area contributed by atoms with Gasteiger partial charge in [-0.3, -0.25) is 9.63 Å². The number of carboxylic acid groups (broad SMARTS) is 1. The van der Waals surface area contributed by atoms with Crippen LogP contribution in [0.5, 0.6) is 0 Å². The number of aliphatic carboxylic acids is 1. The molecule has 0 aliphatic heterocycles. The van der Waals surface area contributed by atoms with E-state index in [0.717, 1.165) is 16.6 Å². The van der Waals surface area contributed by atoms with Crippen LogP contribution in [0, 0.1) is 12.7 Å². The summed E-state index contributed by atoms with van der Waals surface area (Å²) >= 11 is 0. The smallest absolute Gasteiger partial charge is 0.323 e. The fourth-order valence-corrected chi connectivity index (χ4v) is 4.75. The lowest BCUT2D eigenvalue weighted by atomic mass is 10.2. The number of carboxylic acids is 1. The van der Waals surface area contributed by atoms with Crippen LogP contribution in [0.25, 0.3) is 10.9 Å². The maximum absolute atomic E-state index is 13.8. The van der Waals surface area contributed by atoms with E-state index in [9.17, 15) is 22.7 Å². The number of anilines is 1. The standard InChI is InChI=1S/C18H17FN2O5S/c1-12-18(27(24,25)21(26-2)14-6-4-3-5-7-14)15-10-13(19)8-9-16(15)20(12)11-17(22)23/h3-10H,11H2,1-2H3,(H,22,23). The molecule has 1 N–H and O–H groups in total. The summed E-state index contributed by atoms with van der Waals surface area (Å²) in [6.07, 6.45) is 0. The maximum Gasteiger partial charge on any atom is 0.323 e. The second kappa shape index (κ2) is 7.01.